The van der Waals surface area contributed by atoms with Gasteiger partial charge in [0.25, 0.3) is 0 Å². The van der Waals surface area contributed by atoms with E-state index in [0.29, 0.717) is 17.4 Å². The quantitative estimate of drug-likeness (QED) is 0.0245. The van der Waals surface area contributed by atoms with Crippen LogP contribution < -0.4 is 5.32 Å². The Bertz CT molecular complexity index is 1170. The molecule has 0 saturated carbocycles. The fourth-order valence-electron chi connectivity index (χ4n) is 6.24. The summed E-state index contributed by atoms with van der Waals surface area (Å²) in [5, 5.41) is 13.8. The molecular weight excluding hydrogens is 744 g/mol. The van der Waals surface area contributed by atoms with Crippen LogP contribution >= 0.6 is 7.82 Å². The van der Waals surface area contributed by atoms with Crippen molar-refractivity contribution >= 4 is 13.7 Å². The molecule has 3 unspecified atom stereocenters. The number of rotatable bonds is 41. The molecule has 0 radical (unpaired) electrons. The minimum atomic E-state index is -4.34. The Morgan fingerprint density at radius 2 is 1.03 bits per heavy atom. The van der Waals surface area contributed by atoms with Crippen LogP contribution in [0.15, 0.2) is 72.9 Å². The molecule has 3 atom stereocenters. The third kappa shape index (κ3) is 42.1. The molecule has 0 saturated heterocycles. The molecule has 1 amide bonds. The summed E-state index contributed by atoms with van der Waals surface area (Å²) >= 11 is 0. The second-order valence-corrected chi connectivity index (χ2v) is 18.2. The molecule has 0 spiro atoms. The Labute approximate surface area is 357 Å². The Morgan fingerprint density at radius 1 is 0.603 bits per heavy atom. The molecule has 0 bridgehead atoms. The van der Waals surface area contributed by atoms with E-state index in [9.17, 15) is 19.4 Å². The molecule has 0 aliphatic carbocycles. The van der Waals surface area contributed by atoms with Crippen LogP contribution in [0.5, 0.6) is 0 Å². The molecule has 0 aliphatic heterocycles. The summed E-state index contributed by atoms with van der Waals surface area (Å²) in [7, 11) is 1.56. The minimum Gasteiger partial charge on any atom is -0.387 e. The van der Waals surface area contributed by atoms with Crippen molar-refractivity contribution in [3.8, 4) is 0 Å². The number of hydrogen-bond donors (Lipinski definition) is 3. The van der Waals surface area contributed by atoms with Crippen molar-refractivity contribution in [3.05, 3.63) is 72.9 Å². The van der Waals surface area contributed by atoms with Gasteiger partial charge in [0.05, 0.1) is 39.9 Å². The number of carbonyl (C=O) groups is 1. The van der Waals surface area contributed by atoms with Crippen LogP contribution in [0.4, 0.5) is 0 Å². The monoisotopic (exact) mass is 834 g/mol. The summed E-state index contributed by atoms with van der Waals surface area (Å²) in [5.74, 6) is -0.189. The Balaban J connectivity index is 4.28. The van der Waals surface area contributed by atoms with Gasteiger partial charge in [0.1, 0.15) is 13.2 Å². The van der Waals surface area contributed by atoms with E-state index in [1.54, 1.807) is 6.08 Å². The number of carbonyl (C=O) groups excluding carboxylic acids is 1. The van der Waals surface area contributed by atoms with Crippen LogP contribution in [-0.4, -0.2) is 73.4 Å². The average Bonchev–Trinajstić information content (AvgIpc) is 3.17. The van der Waals surface area contributed by atoms with Crippen molar-refractivity contribution in [1.82, 2.24) is 5.32 Å². The first-order chi connectivity index (χ1) is 28.0. The summed E-state index contributed by atoms with van der Waals surface area (Å²) in [4.78, 5) is 23.1. The third-order valence-corrected chi connectivity index (χ3v) is 10.9. The normalized spacial score (nSPS) is 14.9. The van der Waals surface area contributed by atoms with Crippen molar-refractivity contribution in [2.75, 3.05) is 40.9 Å². The zero-order valence-corrected chi connectivity index (χ0v) is 38.9. The Kier molecular flexibility index (Phi) is 38.9. The Hall–Kier alpha value is -2.06. The van der Waals surface area contributed by atoms with E-state index in [4.69, 9.17) is 9.05 Å². The van der Waals surface area contributed by atoms with Crippen molar-refractivity contribution in [3.63, 3.8) is 0 Å². The number of nitrogens with zero attached hydrogens (tertiary/aromatic N) is 1. The fraction of sp³-hybridized carbons (Fsp3) is 0.735. The van der Waals surface area contributed by atoms with Gasteiger partial charge < -0.3 is 19.8 Å². The number of amides is 1. The SMILES string of the molecule is CC/C=C\C/C=C\C/C=C\C/C=C\C/C=C\CCCCCCCCCCCC(=O)NC(COP(=O)(O)OCC[N+](C)(C)C)C(O)/C=C/CCCCCCCCCCC. The molecule has 336 valence electrons. The molecule has 0 heterocycles. The van der Waals surface area contributed by atoms with Gasteiger partial charge in [-0.25, -0.2) is 4.57 Å². The zero-order valence-electron chi connectivity index (χ0n) is 38.0. The van der Waals surface area contributed by atoms with Gasteiger partial charge in [-0.15, -0.1) is 0 Å². The number of nitrogens with one attached hydrogen (secondary N) is 1. The van der Waals surface area contributed by atoms with E-state index in [2.05, 4.69) is 79.9 Å². The molecule has 8 nitrogen and oxygen atoms in total. The second-order valence-electron chi connectivity index (χ2n) is 16.8. The van der Waals surface area contributed by atoms with E-state index in [1.807, 2.05) is 27.2 Å². The molecule has 0 aliphatic rings. The predicted octanol–water partition coefficient (Wildman–Crippen LogP) is 13.2. The maximum atomic E-state index is 12.9. The number of phosphoric acid groups is 1. The largest absolute Gasteiger partial charge is 0.472 e. The molecule has 0 fully saturated rings. The first kappa shape index (κ1) is 55.9. The Morgan fingerprint density at radius 3 is 1.52 bits per heavy atom. The highest BCUT2D eigenvalue weighted by Gasteiger charge is 2.27. The van der Waals surface area contributed by atoms with Gasteiger partial charge in [-0.1, -0.05) is 183 Å². The molecule has 3 N–H and O–H groups in total. The van der Waals surface area contributed by atoms with Gasteiger partial charge in [0.2, 0.25) is 5.91 Å². The number of unbranched alkanes of at least 4 members (excludes halogenated alkanes) is 18. The van der Waals surface area contributed by atoms with Gasteiger partial charge >= 0.3 is 7.82 Å². The van der Waals surface area contributed by atoms with Crippen LogP contribution in [0, 0.1) is 0 Å². The number of aliphatic hydroxyl groups is 1. The third-order valence-electron chi connectivity index (χ3n) is 9.93. The molecule has 58 heavy (non-hydrogen) atoms. The minimum absolute atomic E-state index is 0.0569. The number of quaternary nitrogens is 1. The maximum Gasteiger partial charge on any atom is 0.472 e. The van der Waals surface area contributed by atoms with Crippen LogP contribution in [0.1, 0.15) is 181 Å². The van der Waals surface area contributed by atoms with Gasteiger partial charge in [-0.05, 0) is 64.2 Å². The van der Waals surface area contributed by atoms with Gasteiger partial charge in [0.15, 0.2) is 0 Å². The summed E-state index contributed by atoms with van der Waals surface area (Å²) in [6.45, 7) is 4.66. The standard InChI is InChI=1S/C49H89N2O6P/c1-6-8-10-12-14-16-18-19-20-21-22-23-24-25-26-27-28-29-30-31-33-35-37-39-41-43-49(53)50-47(46-57-58(54,55)56-45-44-51(3,4)5)48(52)42-40-38-36-34-32-17-15-13-11-9-7-2/h8,10,14,16,19-20,22-23,25-26,40,42,47-48,52H,6-7,9,11-13,15,17-18,21,24,27-39,41,43-46H2,1-5H3,(H-,50,53,54,55)/p+1/b10-8-,16-14-,20-19-,23-22-,26-25-,42-40+. The van der Waals surface area contributed by atoms with Gasteiger partial charge in [-0.3, -0.25) is 13.8 Å². The first-order valence-corrected chi connectivity index (χ1v) is 24.8. The topological polar surface area (TPSA) is 105 Å². The molecule has 0 aromatic rings. The summed E-state index contributed by atoms with van der Waals surface area (Å²) in [5.41, 5.74) is 0. The van der Waals surface area contributed by atoms with Crippen LogP contribution in [0.25, 0.3) is 0 Å². The van der Waals surface area contributed by atoms with E-state index >= 15 is 0 Å². The van der Waals surface area contributed by atoms with Crippen LogP contribution in [0.3, 0.4) is 0 Å². The van der Waals surface area contributed by atoms with E-state index < -0.39 is 20.0 Å². The van der Waals surface area contributed by atoms with Crippen molar-refractivity contribution in [2.24, 2.45) is 0 Å². The lowest BCUT2D eigenvalue weighted by atomic mass is 10.0. The van der Waals surface area contributed by atoms with Gasteiger partial charge in [-0.2, -0.15) is 0 Å². The maximum absolute atomic E-state index is 12.9. The van der Waals surface area contributed by atoms with Crippen LogP contribution in [-0.2, 0) is 18.4 Å². The smallest absolute Gasteiger partial charge is 0.387 e. The molecule has 0 aromatic heterocycles. The summed E-state index contributed by atoms with van der Waals surface area (Å²) in [6, 6.07) is -0.852. The zero-order chi connectivity index (χ0) is 42.8. The predicted molar refractivity (Wildman–Crippen MR) is 249 cm³/mol. The van der Waals surface area contributed by atoms with E-state index in [1.165, 1.54) is 83.5 Å². The van der Waals surface area contributed by atoms with Crippen molar-refractivity contribution in [1.29, 1.82) is 0 Å². The number of phosphoric ester groups is 1. The van der Waals surface area contributed by atoms with Crippen molar-refractivity contribution < 1.29 is 32.9 Å². The number of hydrogen-bond acceptors (Lipinski definition) is 5. The second kappa shape index (κ2) is 40.4. The number of aliphatic hydroxyl groups excluding tert-OH is 1. The number of likely N-dealkylation sites (N-methyl/N-ethyl adjacent to an activating group) is 1. The number of allylic oxidation sites excluding steroid dienone is 11. The van der Waals surface area contributed by atoms with E-state index in [-0.39, 0.29) is 19.1 Å². The molecule has 0 rings (SSSR count). The highest BCUT2D eigenvalue weighted by molar-refractivity contribution is 7.47. The molecular formula is C49H90N2O6P+. The lowest BCUT2D eigenvalue weighted by molar-refractivity contribution is -0.870. The van der Waals surface area contributed by atoms with Gasteiger partial charge in [0, 0.05) is 6.42 Å². The molecule has 0 aromatic carbocycles. The van der Waals surface area contributed by atoms with E-state index in [0.717, 1.165) is 77.0 Å². The first-order valence-electron chi connectivity index (χ1n) is 23.3. The highest BCUT2D eigenvalue weighted by atomic mass is 31.2. The fourth-order valence-corrected chi connectivity index (χ4v) is 6.98. The van der Waals surface area contributed by atoms with Crippen molar-refractivity contribution in [2.45, 2.75) is 193 Å². The average molecular weight is 834 g/mol. The molecule has 9 heteroatoms. The lowest BCUT2D eigenvalue weighted by Gasteiger charge is -2.25. The lowest BCUT2D eigenvalue weighted by Crippen LogP contribution is -2.45. The summed E-state index contributed by atoms with van der Waals surface area (Å²) in [6.07, 6.45) is 54.0. The summed E-state index contributed by atoms with van der Waals surface area (Å²) < 4.78 is 23.5. The highest BCUT2D eigenvalue weighted by Crippen LogP contribution is 2.43. The van der Waals surface area contributed by atoms with Crippen LogP contribution in [0.2, 0.25) is 0 Å².